The molecule has 1 saturated heterocycles. The third kappa shape index (κ3) is 4.82. The van der Waals surface area contributed by atoms with Crippen LogP contribution in [0, 0.1) is 11.8 Å². The molecule has 160 valence electrons. The third-order valence-electron chi connectivity index (χ3n) is 5.94. The number of pyridine rings is 1. The predicted octanol–water partition coefficient (Wildman–Crippen LogP) is 2.73. The number of ether oxygens (including phenoxy) is 1. The zero-order valence-electron chi connectivity index (χ0n) is 18.1. The first-order valence-electron chi connectivity index (χ1n) is 10.6. The second kappa shape index (κ2) is 8.20. The Kier molecular flexibility index (Phi) is 6.05. The van der Waals surface area contributed by atoms with Crippen LogP contribution in [0.3, 0.4) is 0 Å². The normalized spacial score (nSPS) is 23.0. The first-order chi connectivity index (χ1) is 13.6. The zero-order valence-corrected chi connectivity index (χ0v) is 18.1. The minimum Gasteiger partial charge on any atom is -0.444 e. The van der Waals surface area contributed by atoms with Gasteiger partial charge in [0.05, 0.1) is 0 Å². The molecule has 2 bridgehead atoms. The van der Waals surface area contributed by atoms with Crippen LogP contribution in [0.4, 0.5) is 4.79 Å². The highest BCUT2D eigenvalue weighted by atomic mass is 16.6. The van der Waals surface area contributed by atoms with E-state index in [0.29, 0.717) is 19.6 Å². The molecule has 2 aliphatic rings. The Morgan fingerprint density at radius 3 is 2.62 bits per heavy atom. The van der Waals surface area contributed by atoms with E-state index < -0.39 is 17.7 Å². The van der Waals surface area contributed by atoms with Crippen molar-refractivity contribution in [1.82, 2.24) is 14.8 Å². The van der Waals surface area contributed by atoms with Gasteiger partial charge in [0.1, 0.15) is 11.6 Å². The van der Waals surface area contributed by atoms with Crippen LogP contribution in [0.1, 0.15) is 59.1 Å². The van der Waals surface area contributed by atoms with Gasteiger partial charge >= 0.3 is 6.09 Å². The summed E-state index contributed by atoms with van der Waals surface area (Å²) in [6, 6.07) is 4.76. The van der Waals surface area contributed by atoms with Gasteiger partial charge in [-0.15, -0.1) is 0 Å². The number of alkyl carbamates (subject to hydrolysis) is 1. The Morgan fingerprint density at radius 1 is 1.24 bits per heavy atom. The van der Waals surface area contributed by atoms with E-state index in [2.05, 4.69) is 5.32 Å². The summed E-state index contributed by atoms with van der Waals surface area (Å²) in [6.45, 7) is 11.2. The van der Waals surface area contributed by atoms with Gasteiger partial charge in [0.25, 0.3) is 5.56 Å². The Labute approximate surface area is 172 Å². The Morgan fingerprint density at radius 2 is 1.97 bits per heavy atom. The minimum absolute atomic E-state index is 0.00769. The molecule has 0 aliphatic carbocycles. The smallest absolute Gasteiger partial charge is 0.408 e. The molecular formula is C22H33N3O4. The SMILES string of the molecule is CCC(C)[C@H](NC(=O)OC(C)(C)C)C(=O)N1C[C@H]2C[C@@H](C1)c1cccc(=O)n1C2. The van der Waals surface area contributed by atoms with Gasteiger partial charge < -0.3 is 19.5 Å². The van der Waals surface area contributed by atoms with Gasteiger partial charge in [-0.3, -0.25) is 9.59 Å². The highest BCUT2D eigenvalue weighted by Crippen LogP contribution is 2.35. The number of carbonyl (C=O) groups excluding carboxylic acids is 2. The van der Waals surface area contributed by atoms with Crippen LogP contribution in [-0.2, 0) is 16.1 Å². The van der Waals surface area contributed by atoms with Gasteiger partial charge in [-0.1, -0.05) is 26.3 Å². The van der Waals surface area contributed by atoms with Gasteiger partial charge in [0, 0.05) is 37.3 Å². The minimum atomic E-state index is -0.619. The quantitative estimate of drug-likeness (QED) is 0.838. The molecule has 1 unspecified atom stereocenters. The lowest BCUT2D eigenvalue weighted by molar-refractivity contribution is -0.137. The summed E-state index contributed by atoms with van der Waals surface area (Å²) in [5.41, 5.74) is 0.416. The average molecular weight is 404 g/mol. The third-order valence-corrected chi connectivity index (χ3v) is 5.94. The number of piperidine rings is 1. The standard InChI is InChI=1S/C22H33N3O4/c1-6-14(2)19(23-21(28)29-22(3,4)5)20(27)24-11-15-10-16(13-24)17-8-7-9-18(26)25(17)12-15/h7-9,14-16,19H,6,10-13H2,1-5H3,(H,23,28)/t14?,15-,16+,19+/m1/s1. The van der Waals surface area contributed by atoms with Gasteiger partial charge in [-0.05, 0) is 45.1 Å². The van der Waals surface area contributed by atoms with Crippen LogP contribution in [0.25, 0.3) is 0 Å². The van der Waals surface area contributed by atoms with E-state index in [1.807, 2.05) is 29.4 Å². The van der Waals surface area contributed by atoms with Crippen molar-refractivity contribution in [2.24, 2.45) is 11.8 Å². The number of rotatable bonds is 4. The molecule has 0 aromatic carbocycles. The lowest BCUT2D eigenvalue weighted by Gasteiger charge is -2.44. The molecule has 1 fully saturated rings. The number of hydrogen-bond acceptors (Lipinski definition) is 4. The molecule has 0 saturated carbocycles. The van der Waals surface area contributed by atoms with Gasteiger partial charge in [0.2, 0.25) is 5.91 Å². The number of nitrogens with zero attached hydrogens (tertiary/aromatic N) is 2. The Bertz CT molecular complexity index is 826. The van der Waals surface area contributed by atoms with E-state index in [-0.39, 0.29) is 29.2 Å². The molecule has 0 radical (unpaired) electrons. The molecule has 7 heteroatoms. The number of hydrogen-bond donors (Lipinski definition) is 1. The van der Waals surface area contributed by atoms with E-state index in [9.17, 15) is 14.4 Å². The monoisotopic (exact) mass is 403 g/mol. The van der Waals surface area contributed by atoms with Crippen LogP contribution in [0.2, 0.25) is 0 Å². The van der Waals surface area contributed by atoms with E-state index in [0.717, 1.165) is 18.5 Å². The van der Waals surface area contributed by atoms with Crippen molar-refractivity contribution in [3.63, 3.8) is 0 Å². The van der Waals surface area contributed by atoms with Crippen LogP contribution in [-0.4, -0.2) is 46.2 Å². The van der Waals surface area contributed by atoms with Gasteiger partial charge in [0.15, 0.2) is 0 Å². The van der Waals surface area contributed by atoms with Crippen molar-refractivity contribution in [3.05, 3.63) is 34.2 Å². The van der Waals surface area contributed by atoms with Crippen molar-refractivity contribution in [1.29, 1.82) is 0 Å². The molecule has 4 atom stereocenters. The lowest BCUT2D eigenvalue weighted by atomic mass is 9.82. The van der Waals surface area contributed by atoms with E-state index >= 15 is 0 Å². The average Bonchev–Trinajstić information content (AvgIpc) is 2.64. The molecule has 0 spiro atoms. The second-order valence-electron chi connectivity index (χ2n) is 9.45. The maximum Gasteiger partial charge on any atom is 0.408 e. The number of likely N-dealkylation sites (tertiary alicyclic amines) is 1. The number of amides is 2. The summed E-state index contributed by atoms with van der Waals surface area (Å²) in [4.78, 5) is 39.8. The summed E-state index contributed by atoms with van der Waals surface area (Å²) >= 11 is 0. The number of nitrogens with one attached hydrogen (secondary N) is 1. The Balaban J connectivity index is 1.77. The van der Waals surface area contributed by atoms with E-state index in [4.69, 9.17) is 4.74 Å². The summed E-state index contributed by atoms with van der Waals surface area (Å²) < 4.78 is 7.23. The predicted molar refractivity (Wildman–Crippen MR) is 111 cm³/mol. The summed E-state index contributed by atoms with van der Waals surface area (Å²) in [6.07, 6.45) is 1.19. The molecule has 1 aromatic heterocycles. The van der Waals surface area contributed by atoms with Gasteiger partial charge in [-0.2, -0.15) is 0 Å². The van der Waals surface area contributed by atoms with Crippen LogP contribution in [0.15, 0.2) is 23.0 Å². The molecular weight excluding hydrogens is 370 g/mol. The first-order valence-corrected chi connectivity index (χ1v) is 10.6. The molecule has 3 rings (SSSR count). The van der Waals surface area contributed by atoms with Crippen LogP contribution >= 0.6 is 0 Å². The van der Waals surface area contributed by atoms with Crippen molar-refractivity contribution in [2.75, 3.05) is 13.1 Å². The lowest BCUT2D eigenvalue weighted by Crippen LogP contribution is -2.57. The molecule has 29 heavy (non-hydrogen) atoms. The number of aromatic nitrogens is 1. The van der Waals surface area contributed by atoms with E-state index in [1.54, 1.807) is 32.9 Å². The molecule has 2 aliphatic heterocycles. The first kappa shape index (κ1) is 21.4. The topological polar surface area (TPSA) is 80.6 Å². The number of carbonyl (C=O) groups is 2. The fourth-order valence-electron chi connectivity index (χ4n) is 4.39. The summed E-state index contributed by atoms with van der Waals surface area (Å²) in [5, 5.41) is 2.81. The van der Waals surface area contributed by atoms with Crippen LogP contribution < -0.4 is 10.9 Å². The Hall–Kier alpha value is -2.31. The van der Waals surface area contributed by atoms with Crippen molar-refractivity contribution < 1.29 is 14.3 Å². The van der Waals surface area contributed by atoms with E-state index in [1.165, 1.54) is 0 Å². The largest absolute Gasteiger partial charge is 0.444 e. The highest BCUT2D eigenvalue weighted by Gasteiger charge is 2.39. The molecule has 3 heterocycles. The van der Waals surface area contributed by atoms with Gasteiger partial charge in [-0.25, -0.2) is 4.79 Å². The second-order valence-corrected chi connectivity index (χ2v) is 9.45. The molecule has 1 aromatic rings. The molecule has 1 N–H and O–H groups in total. The number of fused-ring (bicyclic) bond motifs is 4. The van der Waals surface area contributed by atoms with Crippen molar-refractivity contribution in [3.8, 4) is 0 Å². The van der Waals surface area contributed by atoms with Crippen molar-refractivity contribution in [2.45, 2.75) is 71.6 Å². The fraction of sp³-hybridized carbons (Fsp3) is 0.682. The summed E-state index contributed by atoms with van der Waals surface area (Å²) in [5.74, 6) is 0.335. The maximum atomic E-state index is 13.4. The molecule has 2 amide bonds. The highest BCUT2D eigenvalue weighted by molar-refractivity contribution is 5.86. The fourth-order valence-corrected chi connectivity index (χ4v) is 4.39. The molecule has 7 nitrogen and oxygen atoms in total. The summed E-state index contributed by atoms with van der Waals surface area (Å²) in [7, 11) is 0. The van der Waals surface area contributed by atoms with Crippen molar-refractivity contribution >= 4 is 12.0 Å². The van der Waals surface area contributed by atoms with Crippen LogP contribution in [0.5, 0.6) is 0 Å². The zero-order chi connectivity index (χ0) is 21.3. The maximum absolute atomic E-state index is 13.4.